The fraction of sp³-hybridized carbons (Fsp3) is 0.900. The minimum Gasteiger partial charge on any atom is -0.385 e. The predicted molar refractivity (Wildman–Crippen MR) is 54.7 cm³/mol. The molecule has 0 heterocycles. The van der Waals surface area contributed by atoms with Gasteiger partial charge >= 0.3 is 0 Å². The van der Waals surface area contributed by atoms with E-state index in [0.717, 1.165) is 6.42 Å². The van der Waals surface area contributed by atoms with Gasteiger partial charge in [-0.1, -0.05) is 0 Å². The topological polar surface area (TPSA) is 68.3 Å². The first-order valence-corrected chi connectivity index (χ1v) is 4.82. The Morgan fingerprint density at radius 2 is 2.14 bits per heavy atom. The molecule has 0 rings (SSSR count). The highest BCUT2D eigenvalue weighted by molar-refractivity contribution is 5.01. The van der Waals surface area contributed by atoms with E-state index < -0.39 is 5.54 Å². The molecule has 0 spiro atoms. The molecule has 4 nitrogen and oxygen atoms in total. The molecule has 0 bridgehead atoms. The maximum absolute atomic E-state index is 8.70. The van der Waals surface area contributed by atoms with E-state index in [0.29, 0.717) is 19.6 Å². The molecule has 0 aromatic rings. The van der Waals surface area contributed by atoms with Gasteiger partial charge in [0.1, 0.15) is 5.54 Å². The summed E-state index contributed by atoms with van der Waals surface area (Å²) in [5.41, 5.74) is 4.89. The van der Waals surface area contributed by atoms with Gasteiger partial charge in [0, 0.05) is 26.7 Å². The third kappa shape index (κ3) is 6.84. The molecule has 14 heavy (non-hydrogen) atoms. The van der Waals surface area contributed by atoms with Gasteiger partial charge in [-0.2, -0.15) is 5.26 Å². The van der Waals surface area contributed by atoms with E-state index >= 15 is 0 Å². The van der Waals surface area contributed by atoms with Crippen LogP contribution in [0.15, 0.2) is 0 Å². The largest absolute Gasteiger partial charge is 0.385 e. The molecule has 0 saturated carbocycles. The molecule has 82 valence electrons. The Bertz CT molecular complexity index is 187. The van der Waals surface area contributed by atoms with Crippen molar-refractivity contribution in [3.05, 3.63) is 0 Å². The highest BCUT2D eigenvalue weighted by atomic mass is 16.5. The molecule has 4 heteroatoms. The summed E-state index contributed by atoms with van der Waals surface area (Å²) < 4.78 is 10.4. The highest BCUT2D eigenvalue weighted by Gasteiger charge is 2.20. The number of nitrogens with two attached hydrogens (primary N) is 1. The van der Waals surface area contributed by atoms with Gasteiger partial charge in [0.2, 0.25) is 0 Å². The van der Waals surface area contributed by atoms with Crippen LogP contribution in [0, 0.1) is 11.3 Å². The molecular weight excluding hydrogens is 180 g/mol. The molecule has 0 aliphatic carbocycles. The fourth-order valence-corrected chi connectivity index (χ4v) is 1.19. The summed E-state index contributed by atoms with van der Waals surface area (Å²) in [6.45, 7) is 4.98. The summed E-state index contributed by atoms with van der Waals surface area (Å²) in [6.07, 6.45) is 1.44. The predicted octanol–water partition coefficient (Wildman–Crippen LogP) is 1.06. The Balaban J connectivity index is 3.56. The van der Waals surface area contributed by atoms with Crippen molar-refractivity contribution in [1.29, 1.82) is 5.26 Å². The second kappa shape index (κ2) is 6.77. The van der Waals surface area contributed by atoms with Crippen molar-refractivity contribution in [2.24, 2.45) is 5.73 Å². The minimum absolute atomic E-state index is 0.0153. The average molecular weight is 200 g/mol. The maximum atomic E-state index is 8.70. The first-order valence-electron chi connectivity index (χ1n) is 4.82. The number of nitriles is 1. The van der Waals surface area contributed by atoms with Gasteiger partial charge in [-0.25, -0.2) is 0 Å². The quantitative estimate of drug-likeness (QED) is 0.624. The molecule has 2 N–H and O–H groups in total. The molecule has 2 unspecified atom stereocenters. The van der Waals surface area contributed by atoms with Crippen LogP contribution in [0.3, 0.4) is 0 Å². The third-order valence-electron chi connectivity index (χ3n) is 1.86. The van der Waals surface area contributed by atoms with Crippen LogP contribution < -0.4 is 5.73 Å². The monoisotopic (exact) mass is 200 g/mol. The number of nitrogens with zero attached hydrogens (tertiary/aromatic N) is 1. The van der Waals surface area contributed by atoms with Crippen LogP contribution in [0.4, 0.5) is 0 Å². The smallest absolute Gasteiger partial charge is 0.103 e. The van der Waals surface area contributed by atoms with Gasteiger partial charge < -0.3 is 15.2 Å². The zero-order valence-corrected chi connectivity index (χ0v) is 9.25. The van der Waals surface area contributed by atoms with E-state index in [9.17, 15) is 0 Å². The lowest BCUT2D eigenvalue weighted by Crippen LogP contribution is -2.38. The Morgan fingerprint density at radius 3 is 2.64 bits per heavy atom. The van der Waals surface area contributed by atoms with Gasteiger partial charge in [0.15, 0.2) is 0 Å². The van der Waals surface area contributed by atoms with Crippen LogP contribution in [0.1, 0.15) is 26.7 Å². The first-order chi connectivity index (χ1) is 6.52. The van der Waals surface area contributed by atoms with Crippen molar-refractivity contribution in [3.8, 4) is 6.07 Å². The molecule has 0 aliphatic heterocycles. The van der Waals surface area contributed by atoms with E-state index in [-0.39, 0.29) is 6.10 Å². The van der Waals surface area contributed by atoms with E-state index in [1.165, 1.54) is 0 Å². The van der Waals surface area contributed by atoms with E-state index in [1.807, 2.05) is 13.0 Å². The Labute approximate surface area is 86.0 Å². The highest BCUT2D eigenvalue weighted by Crippen LogP contribution is 2.10. The van der Waals surface area contributed by atoms with Crippen LogP contribution in [-0.4, -0.2) is 32.0 Å². The lowest BCUT2D eigenvalue weighted by atomic mass is 9.98. The summed E-state index contributed by atoms with van der Waals surface area (Å²) >= 11 is 0. The van der Waals surface area contributed by atoms with Crippen molar-refractivity contribution < 1.29 is 9.47 Å². The molecule has 0 saturated heterocycles. The third-order valence-corrected chi connectivity index (χ3v) is 1.86. The van der Waals surface area contributed by atoms with Gasteiger partial charge in [-0.05, 0) is 20.3 Å². The Morgan fingerprint density at radius 1 is 1.50 bits per heavy atom. The summed E-state index contributed by atoms with van der Waals surface area (Å²) in [5.74, 6) is 0. The van der Waals surface area contributed by atoms with Crippen molar-refractivity contribution in [1.82, 2.24) is 0 Å². The van der Waals surface area contributed by atoms with Crippen molar-refractivity contribution in [2.45, 2.75) is 38.3 Å². The van der Waals surface area contributed by atoms with Crippen LogP contribution in [0.5, 0.6) is 0 Å². The van der Waals surface area contributed by atoms with Crippen molar-refractivity contribution >= 4 is 0 Å². The van der Waals surface area contributed by atoms with Crippen LogP contribution >= 0.6 is 0 Å². The lowest BCUT2D eigenvalue weighted by molar-refractivity contribution is 0.0384. The second-order valence-corrected chi connectivity index (χ2v) is 3.76. The van der Waals surface area contributed by atoms with Crippen LogP contribution in [0.25, 0.3) is 0 Å². The molecule has 0 radical (unpaired) electrons. The molecule has 0 amide bonds. The number of ether oxygens (including phenoxy) is 2. The summed E-state index contributed by atoms with van der Waals surface area (Å²) in [4.78, 5) is 0. The molecule has 0 aliphatic rings. The SMILES string of the molecule is COCCCOC(C)CC(C)(N)C#N. The van der Waals surface area contributed by atoms with Crippen molar-refractivity contribution in [3.63, 3.8) is 0 Å². The standard InChI is InChI=1S/C10H20N2O2/c1-9(7-10(2,12)8-11)14-6-4-5-13-3/h9H,4-7,12H2,1-3H3. The lowest BCUT2D eigenvalue weighted by Gasteiger charge is -2.20. The Kier molecular flexibility index (Phi) is 6.46. The molecule has 0 fully saturated rings. The van der Waals surface area contributed by atoms with Crippen molar-refractivity contribution in [2.75, 3.05) is 20.3 Å². The number of rotatable bonds is 7. The summed E-state index contributed by atoms with van der Waals surface area (Å²) in [7, 11) is 1.66. The molecule has 2 atom stereocenters. The second-order valence-electron chi connectivity index (χ2n) is 3.76. The molecule has 0 aromatic heterocycles. The van der Waals surface area contributed by atoms with Crippen LogP contribution in [-0.2, 0) is 9.47 Å². The first kappa shape index (κ1) is 13.4. The average Bonchev–Trinajstić information content (AvgIpc) is 2.12. The summed E-state index contributed by atoms with van der Waals surface area (Å²) in [6, 6.07) is 2.05. The number of methoxy groups -OCH3 is 1. The van der Waals surface area contributed by atoms with Gasteiger partial charge in [0.25, 0.3) is 0 Å². The zero-order chi connectivity index (χ0) is 11.0. The van der Waals surface area contributed by atoms with Gasteiger partial charge in [0.05, 0.1) is 12.2 Å². The number of hydrogen-bond acceptors (Lipinski definition) is 4. The Hall–Kier alpha value is -0.630. The fourth-order valence-electron chi connectivity index (χ4n) is 1.19. The minimum atomic E-state index is -0.791. The van der Waals surface area contributed by atoms with E-state index in [1.54, 1.807) is 14.0 Å². The maximum Gasteiger partial charge on any atom is 0.103 e. The number of hydrogen-bond donors (Lipinski definition) is 1. The van der Waals surface area contributed by atoms with Gasteiger partial charge in [-0.15, -0.1) is 0 Å². The van der Waals surface area contributed by atoms with E-state index in [2.05, 4.69) is 0 Å². The summed E-state index contributed by atoms with van der Waals surface area (Å²) in [5, 5.41) is 8.70. The molecular formula is C10H20N2O2. The normalized spacial score (nSPS) is 17.1. The van der Waals surface area contributed by atoms with Crippen LogP contribution in [0.2, 0.25) is 0 Å². The van der Waals surface area contributed by atoms with E-state index in [4.69, 9.17) is 20.5 Å². The molecule has 0 aromatic carbocycles. The van der Waals surface area contributed by atoms with Gasteiger partial charge in [-0.3, -0.25) is 0 Å². The zero-order valence-electron chi connectivity index (χ0n) is 9.25.